The predicted molar refractivity (Wildman–Crippen MR) is 119 cm³/mol. The molecule has 0 N–H and O–H groups in total. The Labute approximate surface area is 183 Å². The molecule has 3 aromatic rings. The first kappa shape index (κ1) is 22.3. The molecule has 0 aliphatic rings. The summed E-state index contributed by atoms with van der Waals surface area (Å²) in [5.74, 6) is 3.14. The molecule has 6 nitrogen and oxygen atoms in total. The van der Waals surface area contributed by atoms with E-state index in [4.69, 9.17) is 18.6 Å². The zero-order valence-corrected chi connectivity index (χ0v) is 18.7. The zero-order valence-electron chi connectivity index (χ0n) is 18.7. The van der Waals surface area contributed by atoms with Crippen molar-refractivity contribution in [1.82, 2.24) is 4.90 Å². The van der Waals surface area contributed by atoms with E-state index in [2.05, 4.69) is 0 Å². The Kier molecular flexibility index (Phi) is 7.23. The van der Waals surface area contributed by atoms with Crippen LogP contribution in [-0.4, -0.2) is 45.2 Å². The molecule has 1 unspecified atom stereocenters. The van der Waals surface area contributed by atoms with Crippen molar-refractivity contribution in [2.75, 3.05) is 28.4 Å². The van der Waals surface area contributed by atoms with Crippen molar-refractivity contribution >= 4 is 5.91 Å². The van der Waals surface area contributed by atoms with Gasteiger partial charge in [0.2, 0.25) is 0 Å². The maximum Gasteiger partial charge on any atom is 0.289 e. The van der Waals surface area contributed by atoms with E-state index in [0.29, 0.717) is 24.4 Å². The Bertz CT molecular complexity index is 1030. The van der Waals surface area contributed by atoms with Crippen LogP contribution in [0.5, 0.6) is 17.2 Å². The topological polar surface area (TPSA) is 61.1 Å². The maximum atomic E-state index is 13.0. The number of benzene rings is 2. The highest BCUT2D eigenvalue weighted by atomic mass is 16.5. The maximum absolute atomic E-state index is 13.0. The first-order valence-electron chi connectivity index (χ1n) is 10.2. The first-order chi connectivity index (χ1) is 15.0. The van der Waals surface area contributed by atoms with Crippen molar-refractivity contribution in [3.8, 4) is 17.2 Å². The summed E-state index contributed by atoms with van der Waals surface area (Å²) in [5.41, 5.74) is 1.98. The SMILES string of the molecule is COc1ccc(OC)c(Cc2ccc(C(=O)N(C)C(C)Cc3ccccc3OC)o2)c1. The van der Waals surface area contributed by atoms with Gasteiger partial charge in [0.05, 0.1) is 21.3 Å². The lowest BCUT2D eigenvalue weighted by Crippen LogP contribution is -2.36. The Balaban J connectivity index is 1.71. The summed E-state index contributed by atoms with van der Waals surface area (Å²) in [6.07, 6.45) is 1.18. The lowest BCUT2D eigenvalue weighted by atomic mass is 10.0. The minimum atomic E-state index is -0.161. The number of nitrogens with zero attached hydrogens (tertiary/aromatic N) is 1. The molecule has 1 atom stereocenters. The van der Waals surface area contributed by atoms with E-state index in [-0.39, 0.29) is 11.9 Å². The van der Waals surface area contributed by atoms with Crippen LogP contribution in [0.2, 0.25) is 0 Å². The van der Waals surface area contributed by atoms with E-state index < -0.39 is 0 Å². The second kappa shape index (κ2) is 10.1. The molecule has 164 valence electrons. The number of carbonyl (C=O) groups is 1. The van der Waals surface area contributed by atoms with Gasteiger partial charge in [0.25, 0.3) is 5.91 Å². The Morgan fingerprint density at radius 1 is 0.935 bits per heavy atom. The van der Waals surface area contributed by atoms with E-state index >= 15 is 0 Å². The van der Waals surface area contributed by atoms with Gasteiger partial charge in [-0.2, -0.15) is 0 Å². The van der Waals surface area contributed by atoms with Gasteiger partial charge >= 0.3 is 0 Å². The van der Waals surface area contributed by atoms with Crippen molar-refractivity contribution in [1.29, 1.82) is 0 Å². The molecule has 0 radical (unpaired) electrons. The lowest BCUT2D eigenvalue weighted by molar-refractivity contribution is 0.0709. The van der Waals surface area contributed by atoms with Crippen LogP contribution in [0.4, 0.5) is 0 Å². The average molecular weight is 424 g/mol. The van der Waals surface area contributed by atoms with Crippen molar-refractivity contribution in [2.45, 2.75) is 25.8 Å². The van der Waals surface area contributed by atoms with E-state index in [1.54, 1.807) is 39.3 Å². The van der Waals surface area contributed by atoms with E-state index in [0.717, 1.165) is 28.4 Å². The van der Waals surface area contributed by atoms with Crippen molar-refractivity contribution in [3.63, 3.8) is 0 Å². The van der Waals surface area contributed by atoms with Gasteiger partial charge in [-0.05, 0) is 55.3 Å². The fraction of sp³-hybridized carbons (Fsp3) is 0.320. The number of carbonyl (C=O) groups excluding carboxylic acids is 1. The van der Waals surface area contributed by atoms with Gasteiger partial charge in [-0.3, -0.25) is 4.79 Å². The normalized spacial score (nSPS) is 11.6. The van der Waals surface area contributed by atoms with Crippen molar-refractivity contribution in [2.24, 2.45) is 0 Å². The Morgan fingerprint density at radius 3 is 2.35 bits per heavy atom. The van der Waals surface area contributed by atoms with Crippen LogP contribution in [0.3, 0.4) is 0 Å². The van der Waals surface area contributed by atoms with Crippen LogP contribution in [0.1, 0.15) is 34.4 Å². The minimum absolute atomic E-state index is 0.0316. The fourth-order valence-corrected chi connectivity index (χ4v) is 3.50. The highest BCUT2D eigenvalue weighted by molar-refractivity contribution is 5.91. The van der Waals surface area contributed by atoms with Crippen LogP contribution in [0, 0.1) is 0 Å². The van der Waals surface area contributed by atoms with Gasteiger partial charge in [-0.1, -0.05) is 18.2 Å². The molecule has 0 saturated carbocycles. The van der Waals surface area contributed by atoms with Crippen LogP contribution >= 0.6 is 0 Å². The molecule has 0 aliphatic heterocycles. The summed E-state index contributed by atoms with van der Waals surface area (Å²) in [6.45, 7) is 2.01. The Morgan fingerprint density at radius 2 is 1.65 bits per heavy atom. The third-order valence-electron chi connectivity index (χ3n) is 5.41. The molecule has 0 aliphatic carbocycles. The van der Waals surface area contributed by atoms with Crippen LogP contribution in [0.15, 0.2) is 59.0 Å². The third kappa shape index (κ3) is 5.20. The highest BCUT2D eigenvalue weighted by Crippen LogP contribution is 2.27. The third-order valence-corrected chi connectivity index (χ3v) is 5.41. The number of ether oxygens (including phenoxy) is 3. The molecule has 0 fully saturated rings. The molecule has 1 aromatic heterocycles. The number of rotatable bonds is 9. The molecule has 0 bridgehead atoms. The number of para-hydroxylation sites is 1. The number of furan rings is 1. The molecule has 0 saturated heterocycles. The van der Waals surface area contributed by atoms with Crippen LogP contribution in [0.25, 0.3) is 0 Å². The number of hydrogen-bond acceptors (Lipinski definition) is 5. The van der Waals surface area contributed by atoms with Gasteiger partial charge in [0.1, 0.15) is 23.0 Å². The summed E-state index contributed by atoms with van der Waals surface area (Å²) in [6, 6.07) is 17.0. The first-order valence-corrected chi connectivity index (χ1v) is 10.2. The monoisotopic (exact) mass is 423 g/mol. The van der Waals surface area contributed by atoms with Gasteiger partial charge in [0, 0.05) is 25.1 Å². The van der Waals surface area contributed by atoms with Gasteiger partial charge in [0.15, 0.2) is 5.76 Å². The number of hydrogen-bond donors (Lipinski definition) is 0. The number of methoxy groups -OCH3 is 3. The summed E-state index contributed by atoms with van der Waals surface area (Å²) in [7, 11) is 6.69. The van der Waals surface area contributed by atoms with Gasteiger partial charge in [-0.25, -0.2) is 0 Å². The van der Waals surface area contributed by atoms with Gasteiger partial charge in [-0.15, -0.1) is 0 Å². The lowest BCUT2D eigenvalue weighted by Gasteiger charge is -2.24. The molecule has 1 heterocycles. The number of amides is 1. The van der Waals surface area contributed by atoms with Crippen LogP contribution in [-0.2, 0) is 12.8 Å². The second-order valence-corrected chi connectivity index (χ2v) is 7.40. The smallest absolute Gasteiger partial charge is 0.289 e. The molecule has 0 spiro atoms. The molecular formula is C25H29NO5. The van der Waals surface area contributed by atoms with E-state index in [9.17, 15) is 4.79 Å². The Hall–Kier alpha value is -3.41. The summed E-state index contributed by atoms with van der Waals surface area (Å²) < 4.78 is 22.0. The van der Waals surface area contributed by atoms with Crippen LogP contribution < -0.4 is 14.2 Å². The largest absolute Gasteiger partial charge is 0.497 e. The molecular weight excluding hydrogens is 394 g/mol. The molecule has 1 amide bonds. The summed E-state index contributed by atoms with van der Waals surface area (Å²) >= 11 is 0. The molecule has 31 heavy (non-hydrogen) atoms. The quantitative estimate of drug-likeness (QED) is 0.503. The molecule has 6 heteroatoms. The zero-order chi connectivity index (χ0) is 22.4. The van der Waals surface area contributed by atoms with Crippen molar-refractivity contribution in [3.05, 3.63) is 77.2 Å². The van der Waals surface area contributed by atoms with Gasteiger partial charge < -0.3 is 23.5 Å². The molecule has 3 rings (SSSR count). The standard InChI is InChI=1S/C25H29NO5/c1-17(14-18-8-6-7-9-22(18)29-4)26(2)25(27)24-13-11-21(31-24)16-19-15-20(28-3)10-12-23(19)30-5/h6-13,15,17H,14,16H2,1-5H3. The predicted octanol–water partition coefficient (Wildman–Crippen LogP) is 4.60. The highest BCUT2D eigenvalue weighted by Gasteiger charge is 2.22. The summed E-state index contributed by atoms with van der Waals surface area (Å²) in [5, 5.41) is 0. The summed E-state index contributed by atoms with van der Waals surface area (Å²) in [4.78, 5) is 14.7. The van der Waals surface area contributed by atoms with E-state index in [1.165, 1.54) is 0 Å². The van der Waals surface area contributed by atoms with E-state index in [1.807, 2.05) is 55.5 Å². The number of likely N-dealkylation sites (N-methyl/N-ethyl adjacent to an activating group) is 1. The fourth-order valence-electron chi connectivity index (χ4n) is 3.50. The molecule has 2 aromatic carbocycles. The average Bonchev–Trinajstić information content (AvgIpc) is 3.26. The second-order valence-electron chi connectivity index (χ2n) is 7.40. The minimum Gasteiger partial charge on any atom is -0.497 e. The van der Waals surface area contributed by atoms with Crippen molar-refractivity contribution < 1.29 is 23.4 Å².